The fourth-order valence-electron chi connectivity index (χ4n) is 1.71. The molecule has 2 rings (SSSR count). The Hall–Kier alpha value is -1.31. The van der Waals surface area contributed by atoms with Gasteiger partial charge >= 0.3 is 0 Å². The number of hydrogen-bond acceptors (Lipinski definition) is 1. The predicted octanol–water partition coefficient (Wildman–Crippen LogP) is 3.81. The molecule has 0 saturated heterocycles. The normalized spacial score (nSPS) is 10.4. The van der Waals surface area contributed by atoms with Gasteiger partial charge in [0.1, 0.15) is 0 Å². The lowest BCUT2D eigenvalue weighted by Gasteiger charge is -2.08. The van der Waals surface area contributed by atoms with Crippen LogP contribution in [0.1, 0.15) is 11.1 Å². The van der Waals surface area contributed by atoms with Crippen LogP contribution < -0.4 is 0 Å². The molecular weight excluding hydrogens is 220 g/mol. The largest absolute Gasteiger partial charge is 0.392 e. The number of aliphatic hydroxyl groups excluding tert-OH is 1. The molecule has 2 aromatic rings. The van der Waals surface area contributed by atoms with Gasteiger partial charge in [0.05, 0.1) is 6.61 Å². The molecule has 82 valence electrons. The van der Waals surface area contributed by atoms with Gasteiger partial charge in [-0.1, -0.05) is 35.9 Å². The third kappa shape index (κ3) is 2.26. The van der Waals surface area contributed by atoms with Crippen molar-refractivity contribution in [2.24, 2.45) is 0 Å². The monoisotopic (exact) mass is 232 g/mol. The van der Waals surface area contributed by atoms with Crippen LogP contribution in [0.2, 0.25) is 5.02 Å². The molecule has 1 nitrogen and oxygen atoms in total. The number of aliphatic hydroxyl groups is 1. The molecule has 0 heterocycles. The van der Waals surface area contributed by atoms with Crippen molar-refractivity contribution >= 4 is 11.6 Å². The lowest BCUT2D eigenvalue weighted by atomic mass is 9.98. The standard InChI is InChI=1S/C14H13ClO/c1-10-2-3-11(9-16)8-14(10)12-4-6-13(15)7-5-12/h2-8,16H,9H2,1H3. The van der Waals surface area contributed by atoms with E-state index < -0.39 is 0 Å². The molecular formula is C14H13ClO. The summed E-state index contributed by atoms with van der Waals surface area (Å²) >= 11 is 5.86. The Balaban J connectivity index is 2.50. The molecule has 1 N–H and O–H groups in total. The van der Waals surface area contributed by atoms with Crippen LogP contribution in [0.4, 0.5) is 0 Å². The highest BCUT2D eigenvalue weighted by atomic mass is 35.5. The van der Waals surface area contributed by atoms with E-state index in [9.17, 15) is 0 Å². The van der Waals surface area contributed by atoms with Crippen LogP contribution >= 0.6 is 11.6 Å². The van der Waals surface area contributed by atoms with Crippen molar-refractivity contribution in [1.29, 1.82) is 0 Å². The van der Waals surface area contributed by atoms with Gasteiger partial charge in [0.2, 0.25) is 0 Å². The van der Waals surface area contributed by atoms with Gasteiger partial charge in [-0.25, -0.2) is 0 Å². The van der Waals surface area contributed by atoms with Gasteiger partial charge in [-0.2, -0.15) is 0 Å². The zero-order valence-electron chi connectivity index (χ0n) is 9.07. The zero-order chi connectivity index (χ0) is 11.5. The minimum absolute atomic E-state index is 0.0703. The molecule has 0 unspecified atom stereocenters. The first-order valence-electron chi connectivity index (χ1n) is 5.17. The molecule has 0 aliphatic heterocycles. The van der Waals surface area contributed by atoms with E-state index in [0.717, 1.165) is 21.7 Å². The minimum atomic E-state index is 0.0703. The van der Waals surface area contributed by atoms with Crippen molar-refractivity contribution < 1.29 is 5.11 Å². The molecule has 0 bridgehead atoms. The minimum Gasteiger partial charge on any atom is -0.392 e. The molecule has 0 amide bonds. The molecule has 0 fully saturated rings. The molecule has 0 radical (unpaired) electrons. The Bertz CT molecular complexity index is 489. The Morgan fingerprint density at radius 1 is 1.06 bits per heavy atom. The van der Waals surface area contributed by atoms with Crippen molar-refractivity contribution in [2.45, 2.75) is 13.5 Å². The van der Waals surface area contributed by atoms with Crippen molar-refractivity contribution in [1.82, 2.24) is 0 Å². The Kier molecular flexibility index (Phi) is 3.28. The SMILES string of the molecule is Cc1ccc(CO)cc1-c1ccc(Cl)cc1. The summed E-state index contributed by atoms with van der Waals surface area (Å²) in [6, 6.07) is 13.7. The van der Waals surface area contributed by atoms with Gasteiger partial charge in [-0.15, -0.1) is 0 Å². The van der Waals surface area contributed by atoms with E-state index in [0.29, 0.717) is 0 Å². The number of aryl methyl sites for hydroxylation is 1. The number of benzene rings is 2. The highest BCUT2D eigenvalue weighted by Gasteiger charge is 2.03. The second-order valence-corrected chi connectivity index (χ2v) is 4.25. The summed E-state index contributed by atoms with van der Waals surface area (Å²) in [7, 11) is 0. The molecule has 0 saturated carbocycles. The van der Waals surface area contributed by atoms with Gasteiger partial charge in [-0.05, 0) is 47.4 Å². The van der Waals surface area contributed by atoms with E-state index in [-0.39, 0.29) is 6.61 Å². The van der Waals surface area contributed by atoms with Crippen LogP contribution in [0, 0.1) is 6.92 Å². The van der Waals surface area contributed by atoms with Crippen molar-refractivity contribution in [3.05, 3.63) is 58.6 Å². The molecule has 0 atom stereocenters. The molecule has 0 spiro atoms. The van der Waals surface area contributed by atoms with E-state index in [1.165, 1.54) is 5.56 Å². The first-order chi connectivity index (χ1) is 7.70. The van der Waals surface area contributed by atoms with Crippen LogP contribution in [-0.2, 0) is 6.61 Å². The van der Waals surface area contributed by atoms with E-state index >= 15 is 0 Å². The third-order valence-electron chi connectivity index (χ3n) is 2.64. The fourth-order valence-corrected chi connectivity index (χ4v) is 1.83. The van der Waals surface area contributed by atoms with Crippen LogP contribution in [0.5, 0.6) is 0 Å². The maximum Gasteiger partial charge on any atom is 0.0682 e. The van der Waals surface area contributed by atoms with Crippen LogP contribution in [0.25, 0.3) is 11.1 Å². The summed E-state index contributed by atoms with van der Waals surface area (Å²) in [5.74, 6) is 0. The molecule has 16 heavy (non-hydrogen) atoms. The first kappa shape index (κ1) is 11.2. The van der Waals surface area contributed by atoms with Crippen LogP contribution in [0.15, 0.2) is 42.5 Å². The molecule has 0 aliphatic rings. The lowest BCUT2D eigenvalue weighted by Crippen LogP contribution is -1.88. The van der Waals surface area contributed by atoms with Crippen LogP contribution in [0.3, 0.4) is 0 Å². The Morgan fingerprint density at radius 2 is 1.75 bits per heavy atom. The van der Waals surface area contributed by atoms with Crippen molar-refractivity contribution in [2.75, 3.05) is 0 Å². The van der Waals surface area contributed by atoms with E-state index in [2.05, 4.69) is 6.92 Å². The van der Waals surface area contributed by atoms with Gasteiger partial charge in [0, 0.05) is 5.02 Å². The predicted molar refractivity (Wildman–Crippen MR) is 67.5 cm³/mol. The summed E-state index contributed by atoms with van der Waals surface area (Å²) in [5.41, 5.74) is 4.38. The summed E-state index contributed by atoms with van der Waals surface area (Å²) < 4.78 is 0. The average molecular weight is 233 g/mol. The van der Waals surface area contributed by atoms with Gasteiger partial charge in [0.25, 0.3) is 0 Å². The summed E-state index contributed by atoms with van der Waals surface area (Å²) in [6.07, 6.45) is 0. The van der Waals surface area contributed by atoms with Crippen LogP contribution in [-0.4, -0.2) is 5.11 Å². The highest BCUT2D eigenvalue weighted by molar-refractivity contribution is 6.30. The maximum absolute atomic E-state index is 9.12. The number of rotatable bonds is 2. The van der Waals surface area contributed by atoms with Crippen molar-refractivity contribution in [3.63, 3.8) is 0 Å². The second-order valence-electron chi connectivity index (χ2n) is 3.81. The zero-order valence-corrected chi connectivity index (χ0v) is 9.83. The first-order valence-corrected chi connectivity index (χ1v) is 5.55. The van der Waals surface area contributed by atoms with Gasteiger partial charge in [0.15, 0.2) is 0 Å². The maximum atomic E-state index is 9.12. The van der Waals surface area contributed by atoms with Gasteiger partial charge < -0.3 is 5.11 Å². The number of hydrogen-bond donors (Lipinski definition) is 1. The average Bonchev–Trinajstić information content (AvgIpc) is 2.31. The molecule has 0 aliphatic carbocycles. The fraction of sp³-hybridized carbons (Fsp3) is 0.143. The smallest absolute Gasteiger partial charge is 0.0682 e. The topological polar surface area (TPSA) is 20.2 Å². The number of halogens is 1. The van der Waals surface area contributed by atoms with E-state index in [1.54, 1.807) is 0 Å². The Morgan fingerprint density at radius 3 is 2.38 bits per heavy atom. The molecule has 0 aromatic heterocycles. The third-order valence-corrected chi connectivity index (χ3v) is 2.89. The summed E-state index contributed by atoms with van der Waals surface area (Å²) in [4.78, 5) is 0. The second kappa shape index (κ2) is 4.69. The van der Waals surface area contributed by atoms with Crippen molar-refractivity contribution in [3.8, 4) is 11.1 Å². The quantitative estimate of drug-likeness (QED) is 0.835. The lowest BCUT2D eigenvalue weighted by molar-refractivity contribution is 0.282. The molecule has 2 aromatic carbocycles. The van der Waals surface area contributed by atoms with Gasteiger partial charge in [-0.3, -0.25) is 0 Å². The molecule has 2 heteroatoms. The summed E-state index contributed by atoms with van der Waals surface area (Å²) in [5, 5.41) is 9.86. The van der Waals surface area contributed by atoms with E-state index in [1.807, 2.05) is 42.5 Å². The van der Waals surface area contributed by atoms with E-state index in [4.69, 9.17) is 16.7 Å². The Labute approximate surface area is 100 Å². The summed E-state index contributed by atoms with van der Waals surface area (Å²) in [6.45, 7) is 2.13. The highest BCUT2D eigenvalue weighted by Crippen LogP contribution is 2.25.